The molecule has 0 atom stereocenters. The number of para-hydroxylation sites is 2. The van der Waals surface area contributed by atoms with Gasteiger partial charge in [0.25, 0.3) is 0 Å². The van der Waals surface area contributed by atoms with Crippen LogP contribution in [-0.4, -0.2) is 17.9 Å². The van der Waals surface area contributed by atoms with E-state index in [1.807, 2.05) is 30.3 Å². The molecule has 0 aliphatic heterocycles. The highest BCUT2D eigenvalue weighted by molar-refractivity contribution is 7.80. The van der Waals surface area contributed by atoms with Crippen LogP contribution in [-0.2, 0) is 6.42 Å². The predicted octanol–water partition coefficient (Wildman–Crippen LogP) is 3.72. The Morgan fingerprint density at radius 2 is 1.87 bits per heavy atom. The maximum absolute atomic E-state index is 5.33. The number of hydrogen-bond acceptors (Lipinski definition) is 3. The molecule has 2 N–H and O–H groups in total. The number of benzene rings is 2. The SMILES string of the molecule is COc1ccccc1NC(=S)N/N=C1/CCCc2ccccc21. The van der Waals surface area contributed by atoms with Crippen molar-refractivity contribution in [1.29, 1.82) is 0 Å². The van der Waals surface area contributed by atoms with Crippen LogP contribution in [0.25, 0.3) is 0 Å². The van der Waals surface area contributed by atoms with Crippen LogP contribution in [0.2, 0.25) is 0 Å². The second kappa shape index (κ2) is 7.24. The predicted molar refractivity (Wildman–Crippen MR) is 98.3 cm³/mol. The standard InChI is InChI=1S/C18H19N3OS/c1-22-17-12-5-4-10-16(17)19-18(23)21-20-15-11-6-8-13-7-2-3-9-14(13)15/h2-5,7,9-10,12H,6,8,11H2,1H3,(H2,19,21,23)/b20-15-. The van der Waals surface area contributed by atoms with Crippen molar-refractivity contribution >= 4 is 28.7 Å². The lowest BCUT2D eigenvalue weighted by atomic mass is 9.90. The Kier molecular flexibility index (Phi) is 4.88. The monoisotopic (exact) mass is 325 g/mol. The molecule has 0 heterocycles. The smallest absolute Gasteiger partial charge is 0.191 e. The molecule has 0 saturated carbocycles. The van der Waals surface area contributed by atoms with Crippen molar-refractivity contribution in [3.8, 4) is 5.75 Å². The number of thiocarbonyl (C=S) groups is 1. The Labute approximate surface area is 141 Å². The number of rotatable bonds is 3. The third kappa shape index (κ3) is 3.68. The Balaban J connectivity index is 1.70. The molecule has 1 aliphatic carbocycles. The van der Waals surface area contributed by atoms with Crippen LogP contribution in [0.1, 0.15) is 24.0 Å². The first-order valence-electron chi connectivity index (χ1n) is 7.63. The second-order valence-electron chi connectivity index (χ2n) is 5.34. The highest BCUT2D eigenvalue weighted by Crippen LogP contribution is 2.23. The Morgan fingerprint density at radius 1 is 1.09 bits per heavy atom. The number of anilines is 1. The van der Waals surface area contributed by atoms with Crippen molar-refractivity contribution in [2.45, 2.75) is 19.3 Å². The molecule has 0 unspecified atom stereocenters. The molecule has 2 aromatic carbocycles. The van der Waals surface area contributed by atoms with E-state index in [2.05, 4.69) is 34.0 Å². The number of nitrogens with zero attached hydrogens (tertiary/aromatic N) is 1. The molecule has 0 bridgehead atoms. The zero-order valence-corrected chi connectivity index (χ0v) is 13.8. The van der Waals surface area contributed by atoms with E-state index in [-0.39, 0.29) is 0 Å². The van der Waals surface area contributed by atoms with Gasteiger partial charge in [-0.2, -0.15) is 5.10 Å². The van der Waals surface area contributed by atoms with E-state index in [0.717, 1.165) is 36.4 Å². The first-order chi connectivity index (χ1) is 11.3. The van der Waals surface area contributed by atoms with Crippen molar-refractivity contribution in [3.05, 3.63) is 59.7 Å². The minimum atomic E-state index is 0.449. The Morgan fingerprint density at radius 3 is 2.74 bits per heavy atom. The van der Waals surface area contributed by atoms with E-state index in [1.54, 1.807) is 7.11 Å². The molecule has 23 heavy (non-hydrogen) atoms. The first-order valence-corrected chi connectivity index (χ1v) is 8.03. The normalized spacial score (nSPS) is 14.9. The number of methoxy groups -OCH3 is 1. The number of hydrogen-bond donors (Lipinski definition) is 2. The van der Waals surface area contributed by atoms with Crippen molar-refractivity contribution in [1.82, 2.24) is 5.43 Å². The minimum Gasteiger partial charge on any atom is -0.495 e. The van der Waals surface area contributed by atoms with Crippen LogP contribution in [0.3, 0.4) is 0 Å². The van der Waals surface area contributed by atoms with Crippen LogP contribution >= 0.6 is 12.2 Å². The Hall–Kier alpha value is -2.40. The van der Waals surface area contributed by atoms with Gasteiger partial charge in [-0.25, -0.2) is 0 Å². The summed E-state index contributed by atoms with van der Waals surface area (Å²) in [5.41, 5.74) is 7.38. The molecule has 0 saturated heterocycles. The van der Waals surface area contributed by atoms with Crippen molar-refractivity contribution in [2.24, 2.45) is 5.10 Å². The fraction of sp³-hybridized carbons (Fsp3) is 0.222. The topological polar surface area (TPSA) is 45.6 Å². The maximum atomic E-state index is 5.33. The molecular formula is C18H19N3OS. The van der Waals surface area contributed by atoms with E-state index in [4.69, 9.17) is 17.0 Å². The summed E-state index contributed by atoms with van der Waals surface area (Å²) in [4.78, 5) is 0. The van der Waals surface area contributed by atoms with Crippen molar-refractivity contribution in [2.75, 3.05) is 12.4 Å². The van der Waals surface area contributed by atoms with E-state index in [9.17, 15) is 0 Å². The number of nitrogens with one attached hydrogen (secondary N) is 2. The molecule has 0 aromatic heterocycles. The lowest BCUT2D eigenvalue weighted by Crippen LogP contribution is -2.26. The second-order valence-corrected chi connectivity index (χ2v) is 5.74. The largest absolute Gasteiger partial charge is 0.495 e. The van der Waals surface area contributed by atoms with Gasteiger partial charge in [0.05, 0.1) is 18.5 Å². The summed E-state index contributed by atoms with van der Waals surface area (Å²) in [7, 11) is 1.64. The molecule has 5 heteroatoms. The maximum Gasteiger partial charge on any atom is 0.191 e. The number of aryl methyl sites for hydroxylation is 1. The molecule has 0 fully saturated rings. The van der Waals surface area contributed by atoms with E-state index < -0.39 is 0 Å². The molecule has 0 amide bonds. The van der Waals surface area contributed by atoms with Gasteiger partial charge >= 0.3 is 0 Å². The molecule has 0 spiro atoms. The highest BCUT2D eigenvalue weighted by Gasteiger charge is 2.14. The third-order valence-corrected chi connectivity index (χ3v) is 4.03. The zero-order valence-electron chi connectivity index (χ0n) is 13.0. The van der Waals surface area contributed by atoms with Crippen LogP contribution < -0.4 is 15.5 Å². The minimum absolute atomic E-state index is 0.449. The molecular weight excluding hydrogens is 306 g/mol. The van der Waals surface area contributed by atoms with Crippen molar-refractivity contribution in [3.63, 3.8) is 0 Å². The quantitative estimate of drug-likeness (QED) is 0.667. The summed E-state index contributed by atoms with van der Waals surface area (Å²) in [6, 6.07) is 16.0. The lowest BCUT2D eigenvalue weighted by molar-refractivity contribution is 0.417. The van der Waals surface area contributed by atoms with Crippen molar-refractivity contribution < 1.29 is 4.74 Å². The third-order valence-electron chi connectivity index (χ3n) is 3.84. The van der Waals surface area contributed by atoms with Gasteiger partial charge in [-0.05, 0) is 49.2 Å². The molecule has 3 rings (SSSR count). The average molecular weight is 325 g/mol. The molecule has 118 valence electrons. The fourth-order valence-corrected chi connectivity index (χ4v) is 2.89. The highest BCUT2D eigenvalue weighted by atomic mass is 32.1. The van der Waals surface area contributed by atoms with E-state index >= 15 is 0 Å². The van der Waals surface area contributed by atoms with Gasteiger partial charge in [0.15, 0.2) is 5.11 Å². The van der Waals surface area contributed by atoms with Crippen LogP contribution in [0.5, 0.6) is 5.75 Å². The number of hydrazone groups is 1. The van der Waals surface area contributed by atoms with Gasteiger partial charge in [-0.3, -0.25) is 5.43 Å². The van der Waals surface area contributed by atoms with E-state index in [0.29, 0.717) is 5.11 Å². The Bertz CT molecular complexity index is 743. The molecule has 2 aromatic rings. The van der Waals surface area contributed by atoms with E-state index in [1.165, 1.54) is 11.1 Å². The van der Waals surface area contributed by atoms with Crippen LogP contribution in [0.4, 0.5) is 5.69 Å². The van der Waals surface area contributed by atoms with Gasteiger partial charge in [-0.1, -0.05) is 36.4 Å². The average Bonchev–Trinajstić information content (AvgIpc) is 2.60. The van der Waals surface area contributed by atoms with Gasteiger partial charge in [0, 0.05) is 5.56 Å². The summed E-state index contributed by atoms with van der Waals surface area (Å²) >= 11 is 5.33. The summed E-state index contributed by atoms with van der Waals surface area (Å²) in [5.74, 6) is 0.743. The van der Waals surface area contributed by atoms with Crippen LogP contribution in [0, 0.1) is 0 Å². The lowest BCUT2D eigenvalue weighted by Gasteiger charge is -2.18. The fourth-order valence-electron chi connectivity index (χ4n) is 2.73. The van der Waals surface area contributed by atoms with Gasteiger partial charge in [-0.15, -0.1) is 0 Å². The summed E-state index contributed by atoms with van der Waals surface area (Å²) in [5, 5.41) is 8.06. The first kappa shape index (κ1) is 15.5. The molecule has 0 radical (unpaired) electrons. The number of fused-ring (bicyclic) bond motifs is 1. The van der Waals surface area contributed by atoms with Gasteiger partial charge in [0.2, 0.25) is 0 Å². The van der Waals surface area contributed by atoms with Gasteiger partial charge in [0.1, 0.15) is 5.75 Å². The van der Waals surface area contributed by atoms with Gasteiger partial charge < -0.3 is 10.1 Å². The zero-order chi connectivity index (χ0) is 16.1. The summed E-state index contributed by atoms with van der Waals surface area (Å²) in [6.45, 7) is 0. The summed E-state index contributed by atoms with van der Waals surface area (Å²) in [6.07, 6.45) is 3.19. The molecule has 1 aliphatic rings. The summed E-state index contributed by atoms with van der Waals surface area (Å²) < 4.78 is 5.30. The van der Waals surface area contributed by atoms with Crippen LogP contribution in [0.15, 0.2) is 53.6 Å². The molecule has 4 nitrogen and oxygen atoms in total. The number of ether oxygens (including phenoxy) is 1.